The lowest BCUT2D eigenvalue weighted by Crippen LogP contribution is -2.31. The minimum Gasteiger partial charge on any atom is -0.384 e. The fraction of sp³-hybridized carbons (Fsp3) is 1.00. The topological polar surface area (TPSA) is 21.3 Å². The van der Waals surface area contributed by atoms with Crippen molar-refractivity contribution in [1.82, 2.24) is 5.32 Å². The molecule has 2 nitrogen and oxygen atoms in total. The van der Waals surface area contributed by atoms with Gasteiger partial charge in [0.2, 0.25) is 0 Å². The van der Waals surface area contributed by atoms with Crippen molar-refractivity contribution in [1.29, 1.82) is 0 Å². The van der Waals surface area contributed by atoms with Crippen LogP contribution in [0, 0.1) is 11.3 Å². The van der Waals surface area contributed by atoms with E-state index in [1.165, 1.54) is 25.8 Å². The van der Waals surface area contributed by atoms with Crippen LogP contribution in [0.2, 0.25) is 0 Å². The highest BCUT2D eigenvalue weighted by Gasteiger charge is 2.46. The highest BCUT2D eigenvalue weighted by atomic mass is 16.5. The number of hydrogen-bond acceptors (Lipinski definition) is 2. The normalized spacial score (nSPS) is 21.5. The van der Waals surface area contributed by atoms with Gasteiger partial charge in [-0.15, -0.1) is 0 Å². The standard InChI is InChI=1S/C11H23NO/c1-4-7-12-9-11(5-6-11)10(2)8-13-3/h10,12H,4-9H2,1-3H3. The number of hydrogen-bond donors (Lipinski definition) is 1. The second-order valence-electron chi connectivity index (χ2n) is 4.40. The van der Waals surface area contributed by atoms with Crippen molar-refractivity contribution in [3.8, 4) is 0 Å². The van der Waals surface area contributed by atoms with E-state index >= 15 is 0 Å². The van der Waals surface area contributed by atoms with Crippen LogP contribution in [0.25, 0.3) is 0 Å². The van der Waals surface area contributed by atoms with Crippen molar-refractivity contribution >= 4 is 0 Å². The van der Waals surface area contributed by atoms with E-state index in [1.807, 2.05) is 0 Å². The summed E-state index contributed by atoms with van der Waals surface area (Å²) in [7, 11) is 1.80. The molecule has 1 saturated carbocycles. The molecule has 0 aromatic carbocycles. The Balaban J connectivity index is 2.21. The molecular weight excluding hydrogens is 162 g/mol. The van der Waals surface area contributed by atoms with E-state index in [0.717, 1.165) is 13.2 Å². The first-order chi connectivity index (χ1) is 6.25. The van der Waals surface area contributed by atoms with Crippen molar-refractivity contribution in [2.24, 2.45) is 11.3 Å². The molecule has 0 spiro atoms. The molecule has 13 heavy (non-hydrogen) atoms. The van der Waals surface area contributed by atoms with E-state index in [4.69, 9.17) is 4.74 Å². The number of ether oxygens (including phenoxy) is 1. The van der Waals surface area contributed by atoms with Crippen molar-refractivity contribution < 1.29 is 4.74 Å². The first-order valence-electron chi connectivity index (χ1n) is 5.45. The number of methoxy groups -OCH3 is 1. The van der Waals surface area contributed by atoms with Gasteiger partial charge in [-0.3, -0.25) is 0 Å². The minimum atomic E-state index is 0.575. The second-order valence-corrected chi connectivity index (χ2v) is 4.40. The van der Waals surface area contributed by atoms with Crippen LogP contribution >= 0.6 is 0 Å². The van der Waals surface area contributed by atoms with Gasteiger partial charge >= 0.3 is 0 Å². The van der Waals surface area contributed by atoms with E-state index in [1.54, 1.807) is 7.11 Å². The fourth-order valence-electron chi connectivity index (χ4n) is 1.95. The molecule has 0 aromatic heterocycles. The lowest BCUT2D eigenvalue weighted by molar-refractivity contribution is 0.120. The third-order valence-corrected chi connectivity index (χ3v) is 3.26. The maximum atomic E-state index is 5.21. The van der Waals surface area contributed by atoms with E-state index in [-0.39, 0.29) is 0 Å². The quantitative estimate of drug-likeness (QED) is 0.613. The van der Waals surface area contributed by atoms with Gasteiger partial charge in [0.05, 0.1) is 0 Å². The van der Waals surface area contributed by atoms with E-state index < -0.39 is 0 Å². The summed E-state index contributed by atoms with van der Waals surface area (Å²) in [5.41, 5.74) is 0.575. The Morgan fingerprint density at radius 2 is 2.15 bits per heavy atom. The van der Waals surface area contributed by atoms with Crippen LogP contribution in [-0.4, -0.2) is 26.8 Å². The van der Waals surface area contributed by atoms with Crippen LogP contribution < -0.4 is 5.32 Å². The molecular formula is C11H23NO. The molecule has 0 heterocycles. The molecule has 2 heteroatoms. The monoisotopic (exact) mass is 185 g/mol. The first-order valence-corrected chi connectivity index (χ1v) is 5.45. The van der Waals surface area contributed by atoms with Gasteiger partial charge in [0, 0.05) is 20.3 Å². The molecule has 1 unspecified atom stereocenters. The Morgan fingerprint density at radius 3 is 2.62 bits per heavy atom. The molecule has 0 aliphatic heterocycles. The van der Waals surface area contributed by atoms with Crippen LogP contribution in [0.1, 0.15) is 33.1 Å². The smallest absolute Gasteiger partial charge is 0.0493 e. The van der Waals surface area contributed by atoms with Crippen LogP contribution in [0.15, 0.2) is 0 Å². The molecule has 0 radical (unpaired) electrons. The van der Waals surface area contributed by atoms with Gasteiger partial charge in [-0.25, -0.2) is 0 Å². The van der Waals surface area contributed by atoms with Gasteiger partial charge in [0.15, 0.2) is 0 Å². The van der Waals surface area contributed by atoms with Gasteiger partial charge in [0.1, 0.15) is 0 Å². The zero-order valence-corrected chi connectivity index (χ0v) is 9.23. The molecule has 1 aliphatic rings. The Kier molecular flexibility index (Phi) is 4.20. The molecule has 1 atom stereocenters. The van der Waals surface area contributed by atoms with Crippen LogP contribution in [-0.2, 0) is 4.74 Å². The lowest BCUT2D eigenvalue weighted by Gasteiger charge is -2.23. The zero-order chi connectivity index (χ0) is 9.73. The summed E-state index contributed by atoms with van der Waals surface area (Å²) < 4.78 is 5.21. The van der Waals surface area contributed by atoms with E-state index in [9.17, 15) is 0 Å². The fourth-order valence-corrected chi connectivity index (χ4v) is 1.95. The molecule has 1 rings (SSSR count). The summed E-state index contributed by atoms with van der Waals surface area (Å²) in [6, 6.07) is 0. The lowest BCUT2D eigenvalue weighted by atomic mass is 9.91. The zero-order valence-electron chi connectivity index (χ0n) is 9.23. The molecule has 1 aliphatic carbocycles. The Morgan fingerprint density at radius 1 is 1.46 bits per heavy atom. The van der Waals surface area contributed by atoms with Gasteiger partial charge in [-0.1, -0.05) is 13.8 Å². The summed E-state index contributed by atoms with van der Waals surface area (Å²) in [5.74, 6) is 0.710. The third-order valence-electron chi connectivity index (χ3n) is 3.26. The van der Waals surface area contributed by atoms with Crippen LogP contribution in [0.4, 0.5) is 0 Å². The highest BCUT2D eigenvalue weighted by Crippen LogP contribution is 2.51. The van der Waals surface area contributed by atoms with Gasteiger partial charge in [-0.05, 0) is 37.1 Å². The molecule has 78 valence electrons. The molecule has 0 amide bonds. The Labute approximate surface area is 82.0 Å². The largest absolute Gasteiger partial charge is 0.384 e. The Bertz CT molecular complexity index is 143. The third kappa shape index (κ3) is 2.96. The molecule has 0 aromatic rings. The summed E-state index contributed by atoms with van der Waals surface area (Å²) in [5, 5.41) is 3.52. The van der Waals surface area contributed by atoms with Crippen molar-refractivity contribution in [2.75, 3.05) is 26.8 Å². The van der Waals surface area contributed by atoms with Crippen molar-refractivity contribution in [3.05, 3.63) is 0 Å². The number of nitrogens with one attached hydrogen (secondary N) is 1. The van der Waals surface area contributed by atoms with Crippen molar-refractivity contribution in [3.63, 3.8) is 0 Å². The van der Waals surface area contributed by atoms with Crippen LogP contribution in [0.3, 0.4) is 0 Å². The second kappa shape index (κ2) is 4.97. The summed E-state index contributed by atoms with van der Waals surface area (Å²) in [4.78, 5) is 0. The van der Waals surface area contributed by atoms with Gasteiger partial charge in [0.25, 0.3) is 0 Å². The SMILES string of the molecule is CCCNCC1(C(C)COC)CC1. The molecule has 1 N–H and O–H groups in total. The van der Waals surface area contributed by atoms with Gasteiger partial charge in [-0.2, -0.15) is 0 Å². The minimum absolute atomic E-state index is 0.575. The average Bonchev–Trinajstić information content (AvgIpc) is 2.87. The Hall–Kier alpha value is -0.0800. The molecule has 0 saturated heterocycles. The maximum Gasteiger partial charge on any atom is 0.0493 e. The molecule has 0 bridgehead atoms. The highest BCUT2D eigenvalue weighted by molar-refractivity contribution is 4.98. The molecule has 1 fully saturated rings. The maximum absolute atomic E-state index is 5.21. The number of rotatable bonds is 7. The predicted molar refractivity (Wildman–Crippen MR) is 55.9 cm³/mol. The van der Waals surface area contributed by atoms with Gasteiger partial charge < -0.3 is 10.1 Å². The average molecular weight is 185 g/mol. The van der Waals surface area contributed by atoms with E-state index in [0.29, 0.717) is 11.3 Å². The summed E-state index contributed by atoms with van der Waals surface area (Å²) in [6.45, 7) is 7.77. The summed E-state index contributed by atoms with van der Waals surface area (Å²) >= 11 is 0. The van der Waals surface area contributed by atoms with E-state index in [2.05, 4.69) is 19.2 Å². The van der Waals surface area contributed by atoms with Crippen molar-refractivity contribution in [2.45, 2.75) is 33.1 Å². The summed E-state index contributed by atoms with van der Waals surface area (Å²) in [6.07, 6.45) is 4.00. The first kappa shape index (κ1) is 11.0. The predicted octanol–water partition coefficient (Wildman–Crippen LogP) is 2.05. The van der Waals surface area contributed by atoms with Crippen LogP contribution in [0.5, 0.6) is 0 Å².